The quantitative estimate of drug-likeness (QED) is 0.117. The Hall–Kier alpha value is -5.28. The highest BCUT2D eigenvalue weighted by atomic mass is 16.4. The van der Waals surface area contributed by atoms with Gasteiger partial charge in [0.15, 0.2) is 0 Å². The van der Waals surface area contributed by atoms with Gasteiger partial charge in [0.1, 0.15) is 29.8 Å². The van der Waals surface area contributed by atoms with Crippen LogP contribution in [0.2, 0.25) is 0 Å². The van der Waals surface area contributed by atoms with Gasteiger partial charge in [-0.05, 0) is 42.9 Å². The molecule has 1 heterocycles. The monoisotopic (exact) mass is 673 g/mol. The number of hydrogen-bond donors (Lipinski definition) is 7. The lowest BCUT2D eigenvalue weighted by molar-refractivity contribution is -0.141. The zero-order valence-corrected chi connectivity index (χ0v) is 27.7. The minimum absolute atomic E-state index is 0.161. The molecule has 1 unspecified atom stereocenters. The zero-order valence-electron chi connectivity index (χ0n) is 27.7. The van der Waals surface area contributed by atoms with Gasteiger partial charge in [-0.15, -0.1) is 0 Å². The standard InChI is InChI=1S/C32H43N5O11/c1-7-16(4)28(37-29(44)21(10-11-24(39)40)35-31(46)27(15(2)3)33-18(6)38)32(47)36-22(14-25(41)42)30(45)34-19-8-9-20-17(5)12-26(43)48-23(20)13-19/h8-9,12-13,15-16,21-22,27-28H,7,10-11,14H2,1-6H3,(H,33,38)(H,34,45)(H,35,46)(H,36,47)(H,37,44)(H,39,40)(H,41,42)/t16-,21-,22-,27-,28?/m0/s1. The smallest absolute Gasteiger partial charge is 0.336 e. The van der Waals surface area contributed by atoms with Gasteiger partial charge in [0.2, 0.25) is 29.5 Å². The van der Waals surface area contributed by atoms with Gasteiger partial charge in [-0.1, -0.05) is 34.1 Å². The van der Waals surface area contributed by atoms with Crippen LogP contribution in [0.4, 0.5) is 5.69 Å². The van der Waals surface area contributed by atoms with Crippen LogP contribution in [-0.2, 0) is 33.6 Å². The Morgan fingerprint density at radius 2 is 1.42 bits per heavy atom. The molecule has 0 saturated heterocycles. The van der Waals surface area contributed by atoms with Crippen LogP contribution in [0.1, 0.15) is 65.9 Å². The molecule has 0 aliphatic carbocycles. The molecule has 2 rings (SSSR count). The van der Waals surface area contributed by atoms with Crippen molar-refractivity contribution in [3.05, 3.63) is 40.2 Å². The van der Waals surface area contributed by atoms with Gasteiger partial charge in [0.05, 0.1) is 6.42 Å². The molecule has 0 radical (unpaired) electrons. The number of aliphatic carboxylic acids is 2. The van der Waals surface area contributed by atoms with E-state index in [2.05, 4.69) is 26.6 Å². The highest BCUT2D eigenvalue weighted by Crippen LogP contribution is 2.21. The largest absolute Gasteiger partial charge is 0.481 e. The van der Waals surface area contributed by atoms with Crippen LogP contribution in [0.15, 0.2) is 33.5 Å². The average molecular weight is 674 g/mol. The lowest BCUT2D eigenvalue weighted by atomic mass is 9.96. The normalized spacial score (nSPS) is 14.1. The highest BCUT2D eigenvalue weighted by Gasteiger charge is 2.34. The topological polar surface area (TPSA) is 250 Å². The first-order chi connectivity index (χ1) is 22.4. The van der Waals surface area contributed by atoms with E-state index in [1.807, 2.05) is 0 Å². The molecule has 5 amide bonds. The first-order valence-corrected chi connectivity index (χ1v) is 15.4. The summed E-state index contributed by atoms with van der Waals surface area (Å²) < 4.78 is 5.19. The van der Waals surface area contributed by atoms with Gasteiger partial charge in [0.25, 0.3) is 0 Å². The second-order valence-corrected chi connectivity index (χ2v) is 11.9. The Bertz CT molecular complexity index is 1600. The number of hydrogen-bond acceptors (Lipinski definition) is 9. The van der Waals surface area contributed by atoms with Crippen LogP contribution in [0.5, 0.6) is 0 Å². The Labute approximate surface area is 276 Å². The van der Waals surface area contributed by atoms with Gasteiger partial charge in [0, 0.05) is 36.6 Å². The fraction of sp³-hybridized carbons (Fsp3) is 0.500. The van der Waals surface area contributed by atoms with Crippen molar-refractivity contribution in [2.45, 2.75) is 91.4 Å². The number of nitrogens with one attached hydrogen (secondary N) is 5. The van der Waals surface area contributed by atoms with E-state index in [0.29, 0.717) is 17.4 Å². The van der Waals surface area contributed by atoms with Crippen LogP contribution in [-0.4, -0.2) is 75.9 Å². The summed E-state index contributed by atoms with van der Waals surface area (Å²) in [6.45, 7) is 9.60. The maximum absolute atomic E-state index is 13.5. The predicted octanol–water partition coefficient (Wildman–Crippen LogP) is 1.04. The third-order valence-electron chi connectivity index (χ3n) is 7.61. The summed E-state index contributed by atoms with van der Waals surface area (Å²) in [5, 5.41) is 31.7. The van der Waals surface area contributed by atoms with E-state index in [-0.39, 0.29) is 23.6 Å². The zero-order chi connectivity index (χ0) is 36.3. The van der Waals surface area contributed by atoms with Gasteiger partial charge in [-0.3, -0.25) is 33.6 Å². The Balaban J connectivity index is 2.31. The number of anilines is 1. The van der Waals surface area contributed by atoms with Crippen LogP contribution < -0.4 is 32.2 Å². The Morgan fingerprint density at radius 3 is 1.98 bits per heavy atom. The third kappa shape index (κ3) is 11.5. The van der Waals surface area contributed by atoms with Gasteiger partial charge < -0.3 is 41.2 Å². The summed E-state index contributed by atoms with van der Waals surface area (Å²) in [7, 11) is 0. The number of amides is 5. The maximum atomic E-state index is 13.5. The molecule has 1 aromatic carbocycles. The second-order valence-electron chi connectivity index (χ2n) is 11.9. The number of fused-ring (bicyclic) bond motifs is 1. The van der Waals surface area contributed by atoms with E-state index in [0.717, 1.165) is 0 Å². The molecule has 7 N–H and O–H groups in total. The van der Waals surface area contributed by atoms with E-state index in [9.17, 15) is 48.6 Å². The van der Waals surface area contributed by atoms with E-state index in [1.165, 1.54) is 25.1 Å². The van der Waals surface area contributed by atoms with Crippen molar-refractivity contribution in [1.29, 1.82) is 0 Å². The number of carboxylic acid groups (broad SMARTS) is 2. The van der Waals surface area contributed by atoms with Gasteiger partial charge in [-0.2, -0.15) is 0 Å². The van der Waals surface area contributed by atoms with E-state index in [4.69, 9.17) is 4.42 Å². The summed E-state index contributed by atoms with van der Waals surface area (Å²) in [4.78, 5) is 99.6. The van der Waals surface area contributed by atoms with Crippen molar-refractivity contribution >= 4 is 58.1 Å². The van der Waals surface area contributed by atoms with Crippen molar-refractivity contribution < 1.29 is 48.2 Å². The fourth-order valence-electron chi connectivity index (χ4n) is 4.79. The molecule has 0 aliphatic heterocycles. The van der Waals surface area contributed by atoms with Crippen molar-refractivity contribution in [2.24, 2.45) is 11.8 Å². The summed E-state index contributed by atoms with van der Waals surface area (Å²) in [6, 6.07) is 0.410. The molecule has 262 valence electrons. The number of aryl methyl sites for hydroxylation is 1. The van der Waals surface area contributed by atoms with Gasteiger partial charge in [-0.25, -0.2) is 4.79 Å². The number of carbonyl (C=O) groups is 7. The van der Waals surface area contributed by atoms with Crippen molar-refractivity contribution in [3.8, 4) is 0 Å². The molecule has 0 bridgehead atoms. The molecule has 0 saturated carbocycles. The number of rotatable bonds is 17. The molecular formula is C32H43N5O11. The number of carboxylic acids is 2. The lowest BCUT2D eigenvalue weighted by Crippen LogP contribution is -2.60. The first-order valence-electron chi connectivity index (χ1n) is 15.4. The summed E-state index contributed by atoms with van der Waals surface area (Å²) in [6.07, 6.45) is -1.33. The SMILES string of the molecule is CC[C@H](C)C(NC(=O)[C@H](CCC(=O)O)NC(=O)[C@@H](NC(C)=O)C(C)C)C(=O)N[C@@H](CC(=O)O)C(=O)Nc1ccc2c(C)cc(=O)oc2c1. The van der Waals surface area contributed by atoms with Crippen molar-refractivity contribution in [1.82, 2.24) is 21.3 Å². The highest BCUT2D eigenvalue weighted by molar-refractivity contribution is 6.01. The maximum Gasteiger partial charge on any atom is 0.336 e. The third-order valence-corrected chi connectivity index (χ3v) is 7.61. The van der Waals surface area contributed by atoms with Crippen LogP contribution in [0.3, 0.4) is 0 Å². The molecule has 0 fully saturated rings. The molecular weight excluding hydrogens is 630 g/mol. The molecule has 16 heteroatoms. The predicted molar refractivity (Wildman–Crippen MR) is 173 cm³/mol. The average Bonchev–Trinajstić information content (AvgIpc) is 2.98. The van der Waals surface area contributed by atoms with E-state index in [1.54, 1.807) is 40.7 Å². The molecule has 0 aliphatic rings. The van der Waals surface area contributed by atoms with Crippen molar-refractivity contribution in [3.63, 3.8) is 0 Å². The second kappa shape index (κ2) is 17.6. The summed E-state index contributed by atoms with van der Waals surface area (Å²) in [5.74, 6) is -7.54. The number of benzene rings is 1. The first kappa shape index (κ1) is 38.9. The van der Waals surface area contributed by atoms with Crippen molar-refractivity contribution in [2.75, 3.05) is 5.32 Å². The molecule has 0 spiro atoms. The minimum atomic E-state index is -1.61. The van der Waals surface area contributed by atoms with Crippen LogP contribution >= 0.6 is 0 Å². The van der Waals surface area contributed by atoms with Crippen LogP contribution in [0, 0.1) is 18.8 Å². The van der Waals surface area contributed by atoms with E-state index < -0.39 is 90.0 Å². The molecule has 48 heavy (non-hydrogen) atoms. The molecule has 2 aromatic rings. The summed E-state index contributed by atoms with van der Waals surface area (Å²) in [5.41, 5.74) is 0.381. The van der Waals surface area contributed by atoms with Gasteiger partial charge >= 0.3 is 17.6 Å². The lowest BCUT2D eigenvalue weighted by Gasteiger charge is -2.29. The molecule has 5 atom stereocenters. The number of carbonyl (C=O) groups excluding carboxylic acids is 5. The summed E-state index contributed by atoms with van der Waals surface area (Å²) >= 11 is 0. The van der Waals surface area contributed by atoms with Crippen LogP contribution in [0.25, 0.3) is 11.0 Å². The fourth-order valence-corrected chi connectivity index (χ4v) is 4.79. The Morgan fingerprint density at radius 1 is 0.792 bits per heavy atom. The molecule has 16 nitrogen and oxygen atoms in total. The molecule has 1 aromatic heterocycles. The minimum Gasteiger partial charge on any atom is -0.481 e. The Kier molecular flexibility index (Phi) is 14.3. The van der Waals surface area contributed by atoms with E-state index >= 15 is 0 Å².